The minimum atomic E-state index is -1.25. The van der Waals surface area contributed by atoms with Crippen LogP contribution in [0.4, 0.5) is 0 Å². The van der Waals surface area contributed by atoms with Crippen LogP contribution < -0.4 is 0 Å². The van der Waals surface area contributed by atoms with Crippen molar-refractivity contribution in [1.82, 2.24) is 0 Å². The van der Waals surface area contributed by atoms with E-state index in [2.05, 4.69) is 19.6 Å². The summed E-state index contributed by atoms with van der Waals surface area (Å²) in [6.07, 6.45) is 3.58. The number of hydrogen-bond donors (Lipinski definition) is 1. The molecular weight excluding hydrogens is 188 g/mol. The lowest BCUT2D eigenvalue weighted by atomic mass is 10.3. The van der Waals surface area contributed by atoms with Gasteiger partial charge in [0, 0.05) is 18.5 Å². The van der Waals surface area contributed by atoms with Gasteiger partial charge in [-0.25, -0.2) is 0 Å². The highest BCUT2D eigenvalue weighted by Crippen LogP contribution is 2.12. The number of thiol groups is 1. The van der Waals surface area contributed by atoms with E-state index in [1.165, 1.54) is 18.9 Å². The Kier molecular flexibility index (Phi) is 5.30. The molecule has 2 unspecified atom stereocenters. The van der Waals surface area contributed by atoms with Crippen molar-refractivity contribution in [1.29, 1.82) is 0 Å². The molecule has 0 N–H and O–H groups in total. The molecule has 2 atom stereocenters. The van der Waals surface area contributed by atoms with Gasteiger partial charge < -0.3 is 8.85 Å². The van der Waals surface area contributed by atoms with Gasteiger partial charge in [0.25, 0.3) is 0 Å². The lowest BCUT2D eigenvalue weighted by Gasteiger charge is -2.22. The summed E-state index contributed by atoms with van der Waals surface area (Å²) in [5.41, 5.74) is 0. The Morgan fingerprint density at radius 2 is 2.42 bits per heavy atom. The first kappa shape index (κ1) is 10.6. The molecule has 0 aromatic heterocycles. The predicted octanol–water partition coefficient (Wildman–Crippen LogP) is 1.74. The van der Waals surface area contributed by atoms with E-state index in [1.54, 1.807) is 0 Å². The van der Waals surface area contributed by atoms with Crippen LogP contribution in [-0.4, -0.2) is 27.7 Å². The summed E-state index contributed by atoms with van der Waals surface area (Å²) in [7, 11) is -1.25. The van der Waals surface area contributed by atoms with Gasteiger partial charge in [-0.05, 0) is 25.3 Å². The Balaban J connectivity index is 2.05. The van der Waals surface area contributed by atoms with Crippen LogP contribution >= 0.6 is 12.6 Å². The SMILES string of the molecule is CCC(S)CO[SiH]1CCCCO1. The van der Waals surface area contributed by atoms with Crippen molar-refractivity contribution in [3.63, 3.8) is 0 Å². The summed E-state index contributed by atoms with van der Waals surface area (Å²) in [6, 6.07) is 1.18. The Morgan fingerprint density at radius 1 is 1.58 bits per heavy atom. The number of rotatable bonds is 4. The lowest BCUT2D eigenvalue weighted by Crippen LogP contribution is -2.29. The van der Waals surface area contributed by atoms with Crippen molar-refractivity contribution in [2.24, 2.45) is 0 Å². The van der Waals surface area contributed by atoms with Crippen molar-refractivity contribution < 1.29 is 8.85 Å². The van der Waals surface area contributed by atoms with Gasteiger partial charge in [0.15, 0.2) is 0 Å². The average Bonchev–Trinajstić information content (AvgIpc) is 2.16. The van der Waals surface area contributed by atoms with Gasteiger partial charge in [-0.1, -0.05) is 6.92 Å². The van der Waals surface area contributed by atoms with Crippen LogP contribution in [-0.2, 0) is 8.85 Å². The van der Waals surface area contributed by atoms with Crippen LogP contribution in [0.25, 0.3) is 0 Å². The summed E-state index contributed by atoms with van der Waals surface area (Å²) >= 11 is 4.37. The maximum absolute atomic E-state index is 5.68. The molecule has 1 aliphatic rings. The van der Waals surface area contributed by atoms with Crippen molar-refractivity contribution in [2.45, 2.75) is 37.5 Å². The quantitative estimate of drug-likeness (QED) is 0.558. The third-order valence-electron chi connectivity index (χ3n) is 2.08. The predicted molar refractivity (Wildman–Crippen MR) is 56.2 cm³/mol. The zero-order chi connectivity index (χ0) is 8.81. The van der Waals surface area contributed by atoms with Crippen LogP contribution in [0.5, 0.6) is 0 Å². The normalized spacial score (nSPS) is 27.0. The average molecular weight is 206 g/mol. The van der Waals surface area contributed by atoms with Crippen LogP contribution in [0.1, 0.15) is 26.2 Å². The van der Waals surface area contributed by atoms with Crippen molar-refractivity contribution in [3.05, 3.63) is 0 Å². The van der Waals surface area contributed by atoms with Crippen LogP contribution in [0.3, 0.4) is 0 Å². The second-order valence-corrected chi connectivity index (χ2v) is 6.02. The zero-order valence-corrected chi connectivity index (χ0v) is 9.71. The topological polar surface area (TPSA) is 18.5 Å². The highest BCUT2D eigenvalue weighted by Gasteiger charge is 2.17. The van der Waals surface area contributed by atoms with Crippen LogP contribution in [0, 0.1) is 0 Å². The lowest BCUT2D eigenvalue weighted by molar-refractivity contribution is 0.177. The van der Waals surface area contributed by atoms with Gasteiger partial charge in [0.05, 0.1) is 0 Å². The Labute approximate surface area is 81.9 Å². The molecule has 1 rings (SSSR count). The van der Waals surface area contributed by atoms with Gasteiger partial charge in [-0.3, -0.25) is 0 Å². The fourth-order valence-electron chi connectivity index (χ4n) is 1.18. The Hall–Kier alpha value is 0.487. The fourth-order valence-corrected chi connectivity index (χ4v) is 3.35. The minimum Gasteiger partial charge on any atom is -0.397 e. The van der Waals surface area contributed by atoms with E-state index in [1.807, 2.05) is 0 Å². The summed E-state index contributed by atoms with van der Waals surface area (Å²) < 4.78 is 11.2. The van der Waals surface area contributed by atoms with Crippen LogP contribution in [0.2, 0.25) is 6.04 Å². The van der Waals surface area contributed by atoms with E-state index >= 15 is 0 Å². The van der Waals surface area contributed by atoms with Gasteiger partial charge in [-0.2, -0.15) is 12.6 Å². The first-order valence-electron chi connectivity index (χ1n) is 4.74. The van der Waals surface area contributed by atoms with E-state index in [-0.39, 0.29) is 0 Å². The van der Waals surface area contributed by atoms with Gasteiger partial charge >= 0.3 is 9.28 Å². The molecule has 0 aliphatic carbocycles. The summed E-state index contributed by atoms with van der Waals surface area (Å²) in [5, 5.41) is 0.392. The molecule has 1 aliphatic heterocycles. The maximum Gasteiger partial charge on any atom is 0.321 e. The van der Waals surface area contributed by atoms with E-state index in [4.69, 9.17) is 8.85 Å². The van der Waals surface area contributed by atoms with Gasteiger partial charge in [0.2, 0.25) is 0 Å². The van der Waals surface area contributed by atoms with Gasteiger partial charge in [-0.15, -0.1) is 0 Å². The first-order valence-corrected chi connectivity index (χ1v) is 7.01. The highest BCUT2D eigenvalue weighted by atomic mass is 32.1. The molecule has 1 saturated heterocycles. The molecule has 0 amide bonds. The maximum atomic E-state index is 5.68. The smallest absolute Gasteiger partial charge is 0.321 e. The molecule has 0 aromatic carbocycles. The molecule has 0 bridgehead atoms. The molecule has 0 spiro atoms. The van der Waals surface area contributed by atoms with E-state index in [0.29, 0.717) is 5.25 Å². The largest absolute Gasteiger partial charge is 0.397 e. The monoisotopic (exact) mass is 206 g/mol. The molecule has 0 aromatic rings. The fraction of sp³-hybridized carbons (Fsp3) is 1.00. The molecule has 1 fully saturated rings. The summed E-state index contributed by atoms with van der Waals surface area (Å²) in [4.78, 5) is 0. The summed E-state index contributed by atoms with van der Waals surface area (Å²) in [6.45, 7) is 3.82. The zero-order valence-electron chi connectivity index (χ0n) is 7.66. The molecule has 0 saturated carbocycles. The molecule has 0 radical (unpaired) electrons. The van der Waals surface area contributed by atoms with Crippen LogP contribution in [0.15, 0.2) is 0 Å². The molecular formula is C8H18O2SSi. The Bertz CT molecular complexity index is 118. The van der Waals surface area contributed by atoms with Crippen molar-refractivity contribution in [2.75, 3.05) is 13.2 Å². The minimum absolute atomic E-state index is 0.392. The third-order valence-corrected chi connectivity index (χ3v) is 4.65. The van der Waals surface area contributed by atoms with Crippen molar-refractivity contribution in [3.8, 4) is 0 Å². The first-order chi connectivity index (χ1) is 5.83. The second kappa shape index (κ2) is 6.02. The second-order valence-electron chi connectivity index (χ2n) is 3.19. The van der Waals surface area contributed by atoms with Gasteiger partial charge in [0.1, 0.15) is 0 Å². The third kappa shape index (κ3) is 3.94. The standard InChI is InChI=1S/C8H18O2SSi/c1-2-8(11)7-10-12-6-4-3-5-9-12/h8,11-12H,2-7H2,1H3. The van der Waals surface area contributed by atoms with E-state index in [0.717, 1.165) is 19.6 Å². The molecule has 4 heteroatoms. The molecule has 12 heavy (non-hydrogen) atoms. The number of hydrogen-bond acceptors (Lipinski definition) is 3. The summed E-state index contributed by atoms with van der Waals surface area (Å²) in [5.74, 6) is 0. The Morgan fingerprint density at radius 3 is 3.00 bits per heavy atom. The highest BCUT2D eigenvalue weighted by molar-refractivity contribution is 7.81. The van der Waals surface area contributed by atoms with E-state index in [9.17, 15) is 0 Å². The van der Waals surface area contributed by atoms with Crippen molar-refractivity contribution >= 4 is 21.9 Å². The van der Waals surface area contributed by atoms with E-state index < -0.39 is 9.28 Å². The molecule has 72 valence electrons. The molecule has 2 nitrogen and oxygen atoms in total. The molecule has 1 heterocycles.